The Kier molecular flexibility index (Phi) is 8.18. The van der Waals surface area contributed by atoms with Gasteiger partial charge in [0.2, 0.25) is 5.91 Å². The molecule has 0 spiro atoms. The molecule has 1 N–H and O–H groups in total. The minimum Gasteiger partial charge on any atom is -0.497 e. The summed E-state index contributed by atoms with van der Waals surface area (Å²) in [5.41, 5.74) is 1.25. The number of amides is 1. The zero-order valence-corrected chi connectivity index (χ0v) is 17.6. The summed E-state index contributed by atoms with van der Waals surface area (Å²) in [7, 11) is 1.72. The molecule has 2 aliphatic rings. The van der Waals surface area contributed by atoms with Crippen molar-refractivity contribution >= 4 is 11.6 Å². The summed E-state index contributed by atoms with van der Waals surface area (Å²) in [6.07, 6.45) is 6.46. The number of ether oxygens (including phenoxy) is 1. The number of carbonyl (C=O) groups excluding carboxylic acids is 1. The van der Waals surface area contributed by atoms with E-state index in [2.05, 4.69) is 33.3 Å². The van der Waals surface area contributed by atoms with Gasteiger partial charge in [-0.05, 0) is 56.7 Å². The Bertz CT molecular complexity index is 686. The molecule has 6 nitrogen and oxygen atoms in total. The topological polar surface area (TPSA) is 68.6 Å². The lowest BCUT2D eigenvalue weighted by molar-refractivity contribution is -0.122. The average Bonchev–Trinajstić information content (AvgIpc) is 2.77. The van der Waals surface area contributed by atoms with Crippen molar-refractivity contribution in [3.8, 4) is 11.8 Å². The van der Waals surface area contributed by atoms with Crippen LogP contribution in [0.25, 0.3) is 0 Å². The van der Waals surface area contributed by atoms with Gasteiger partial charge in [0, 0.05) is 56.8 Å². The normalized spacial score (nSPS) is 22.7. The molecule has 1 amide bonds. The standard InChI is InChI=1S/C23H34N4O2/c1-29-22-5-2-4-21(18-22)27-16-14-26(15-17-27)13-11-19-7-9-20(10-8-19)25-23(28)6-3-12-24/h2,4-5,18-20H,3,6-11,13-17H2,1H3,(H,25,28)/t19-,20-. The minimum absolute atomic E-state index is 0.0314. The van der Waals surface area contributed by atoms with E-state index in [9.17, 15) is 4.79 Å². The van der Waals surface area contributed by atoms with Crippen LogP contribution in [0.2, 0.25) is 0 Å². The molecule has 1 aliphatic heterocycles. The molecule has 0 bridgehead atoms. The van der Waals surface area contributed by atoms with E-state index in [-0.39, 0.29) is 5.91 Å². The van der Waals surface area contributed by atoms with Gasteiger partial charge in [-0.25, -0.2) is 0 Å². The van der Waals surface area contributed by atoms with E-state index < -0.39 is 0 Å². The highest BCUT2D eigenvalue weighted by atomic mass is 16.5. The third-order valence-electron chi connectivity index (χ3n) is 6.32. The number of benzene rings is 1. The van der Waals surface area contributed by atoms with Gasteiger partial charge in [0.05, 0.1) is 13.2 Å². The van der Waals surface area contributed by atoms with Crippen LogP contribution in [-0.4, -0.2) is 56.7 Å². The molecule has 0 radical (unpaired) electrons. The van der Waals surface area contributed by atoms with E-state index in [0.29, 0.717) is 18.9 Å². The van der Waals surface area contributed by atoms with Gasteiger partial charge in [-0.15, -0.1) is 0 Å². The molecule has 158 valence electrons. The van der Waals surface area contributed by atoms with Gasteiger partial charge in [0.15, 0.2) is 0 Å². The quantitative estimate of drug-likeness (QED) is 0.728. The fourth-order valence-corrected chi connectivity index (χ4v) is 4.47. The molecule has 6 heteroatoms. The number of nitrogens with one attached hydrogen (secondary N) is 1. The Labute approximate surface area is 174 Å². The Morgan fingerprint density at radius 1 is 1.21 bits per heavy atom. The lowest BCUT2D eigenvalue weighted by Gasteiger charge is -2.37. The molecule has 2 fully saturated rings. The van der Waals surface area contributed by atoms with E-state index in [0.717, 1.165) is 50.7 Å². The maximum Gasteiger partial charge on any atom is 0.221 e. The van der Waals surface area contributed by atoms with Gasteiger partial charge in [0.25, 0.3) is 0 Å². The summed E-state index contributed by atoms with van der Waals surface area (Å²) in [5.74, 6) is 1.73. The van der Waals surface area contributed by atoms with Crippen molar-refractivity contribution in [1.29, 1.82) is 5.26 Å². The van der Waals surface area contributed by atoms with Crippen LogP contribution in [-0.2, 0) is 4.79 Å². The molecular weight excluding hydrogens is 364 g/mol. The van der Waals surface area contributed by atoms with Crippen LogP contribution < -0.4 is 15.0 Å². The second-order valence-electron chi connectivity index (χ2n) is 8.26. The highest BCUT2D eigenvalue weighted by molar-refractivity contribution is 5.76. The van der Waals surface area contributed by atoms with Gasteiger partial charge in [-0.3, -0.25) is 9.69 Å². The first-order valence-corrected chi connectivity index (χ1v) is 11.0. The lowest BCUT2D eigenvalue weighted by Crippen LogP contribution is -2.47. The van der Waals surface area contributed by atoms with E-state index >= 15 is 0 Å². The van der Waals surface area contributed by atoms with Crippen LogP contribution in [0, 0.1) is 17.2 Å². The second kappa shape index (κ2) is 11.1. The molecule has 29 heavy (non-hydrogen) atoms. The Balaban J connectivity index is 1.32. The van der Waals surface area contributed by atoms with Crippen LogP contribution in [0.15, 0.2) is 24.3 Å². The van der Waals surface area contributed by atoms with E-state index in [4.69, 9.17) is 10.00 Å². The number of rotatable bonds is 8. The molecule has 1 saturated carbocycles. The molecule has 1 saturated heterocycles. The molecule has 1 heterocycles. The minimum atomic E-state index is 0.0314. The first-order chi connectivity index (χ1) is 14.2. The van der Waals surface area contributed by atoms with Crippen molar-refractivity contribution in [3.05, 3.63) is 24.3 Å². The maximum atomic E-state index is 11.8. The molecule has 0 aromatic heterocycles. The smallest absolute Gasteiger partial charge is 0.221 e. The predicted octanol–water partition coefficient (Wildman–Crippen LogP) is 3.19. The van der Waals surface area contributed by atoms with Gasteiger partial charge in [-0.1, -0.05) is 6.07 Å². The number of hydrogen-bond acceptors (Lipinski definition) is 5. The van der Waals surface area contributed by atoms with Crippen molar-refractivity contribution < 1.29 is 9.53 Å². The van der Waals surface area contributed by atoms with E-state index in [1.54, 1.807) is 7.11 Å². The third kappa shape index (κ3) is 6.64. The zero-order valence-electron chi connectivity index (χ0n) is 17.6. The SMILES string of the molecule is COc1cccc(N2CCN(CC[C@H]3CC[C@H](NC(=O)CCC#N)CC3)CC2)c1. The Morgan fingerprint density at radius 3 is 2.66 bits per heavy atom. The number of methoxy groups -OCH3 is 1. The van der Waals surface area contributed by atoms with Crippen LogP contribution in [0.5, 0.6) is 5.75 Å². The van der Waals surface area contributed by atoms with Crippen molar-refractivity contribution in [1.82, 2.24) is 10.2 Å². The average molecular weight is 399 g/mol. The van der Waals surface area contributed by atoms with E-state index in [1.165, 1.54) is 31.5 Å². The van der Waals surface area contributed by atoms with Crippen LogP contribution >= 0.6 is 0 Å². The largest absolute Gasteiger partial charge is 0.497 e. The van der Waals surface area contributed by atoms with Crippen molar-refractivity contribution in [2.45, 2.75) is 51.0 Å². The number of hydrogen-bond donors (Lipinski definition) is 1. The molecule has 1 aromatic carbocycles. The lowest BCUT2D eigenvalue weighted by atomic mass is 9.84. The summed E-state index contributed by atoms with van der Waals surface area (Å²) < 4.78 is 5.35. The molecule has 0 unspecified atom stereocenters. The summed E-state index contributed by atoms with van der Waals surface area (Å²) >= 11 is 0. The highest BCUT2D eigenvalue weighted by Gasteiger charge is 2.24. The van der Waals surface area contributed by atoms with Gasteiger partial charge in [-0.2, -0.15) is 5.26 Å². The van der Waals surface area contributed by atoms with Crippen LogP contribution in [0.1, 0.15) is 44.9 Å². The monoisotopic (exact) mass is 398 g/mol. The van der Waals surface area contributed by atoms with E-state index in [1.807, 2.05) is 12.1 Å². The number of nitrogens with zero attached hydrogens (tertiary/aromatic N) is 3. The zero-order chi connectivity index (χ0) is 20.5. The summed E-state index contributed by atoms with van der Waals surface area (Å²) in [6.45, 7) is 5.53. The summed E-state index contributed by atoms with van der Waals surface area (Å²) in [4.78, 5) is 16.8. The van der Waals surface area contributed by atoms with Gasteiger partial charge < -0.3 is 15.0 Å². The van der Waals surface area contributed by atoms with Crippen molar-refractivity contribution in [2.75, 3.05) is 44.7 Å². The molecule has 3 rings (SSSR count). The molecule has 1 aromatic rings. The highest BCUT2D eigenvalue weighted by Crippen LogP contribution is 2.28. The molecule has 0 atom stereocenters. The first-order valence-electron chi connectivity index (χ1n) is 11.0. The fraction of sp³-hybridized carbons (Fsp3) is 0.652. The number of carbonyl (C=O) groups is 1. The Morgan fingerprint density at radius 2 is 1.97 bits per heavy atom. The van der Waals surface area contributed by atoms with Crippen LogP contribution in [0.4, 0.5) is 5.69 Å². The van der Waals surface area contributed by atoms with Gasteiger partial charge in [0.1, 0.15) is 5.75 Å². The van der Waals surface area contributed by atoms with Gasteiger partial charge >= 0.3 is 0 Å². The molecule has 1 aliphatic carbocycles. The number of anilines is 1. The molecular formula is C23H34N4O2. The number of nitriles is 1. The first kappa shape index (κ1) is 21.4. The van der Waals surface area contributed by atoms with Crippen molar-refractivity contribution in [3.63, 3.8) is 0 Å². The Hall–Kier alpha value is -2.26. The maximum absolute atomic E-state index is 11.8. The summed E-state index contributed by atoms with van der Waals surface area (Å²) in [5, 5.41) is 11.7. The van der Waals surface area contributed by atoms with Crippen LogP contribution in [0.3, 0.4) is 0 Å². The second-order valence-corrected chi connectivity index (χ2v) is 8.26. The predicted molar refractivity (Wildman–Crippen MR) is 115 cm³/mol. The summed E-state index contributed by atoms with van der Waals surface area (Å²) in [6, 6.07) is 10.7. The number of piperazine rings is 1. The third-order valence-corrected chi connectivity index (χ3v) is 6.32. The fourth-order valence-electron chi connectivity index (χ4n) is 4.47. The van der Waals surface area contributed by atoms with Crippen molar-refractivity contribution in [2.24, 2.45) is 5.92 Å².